The van der Waals surface area contributed by atoms with E-state index in [0.717, 1.165) is 6.54 Å². The minimum Gasteiger partial charge on any atom is -0.299 e. The van der Waals surface area contributed by atoms with Crippen LogP contribution in [0.25, 0.3) is 0 Å². The van der Waals surface area contributed by atoms with Crippen molar-refractivity contribution in [3.8, 4) is 0 Å². The van der Waals surface area contributed by atoms with Crippen molar-refractivity contribution >= 4 is 0 Å². The average Bonchev–Trinajstić information content (AvgIpc) is 2.31. The van der Waals surface area contributed by atoms with Gasteiger partial charge in [-0.25, -0.2) is 0 Å². The van der Waals surface area contributed by atoms with E-state index in [4.69, 9.17) is 0 Å². The molecule has 0 N–H and O–H groups in total. The van der Waals surface area contributed by atoms with Crippen LogP contribution in [0.3, 0.4) is 0 Å². The highest BCUT2D eigenvalue weighted by Gasteiger charge is 2.13. The van der Waals surface area contributed by atoms with E-state index in [-0.39, 0.29) is 0 Å². The minimum atomic E-state index is 0.640. The van der Waals surface area contributed by atoms with E-state index in [1.165, 1.54) is 43.5 Å². The van der Waals surface area contributed by atoms with Gasteiger partial charge >= 0.3 is 0 Å². The van der Waals surface area contributed by atoms with Crippen molar-refractivity contribution in [1.29, 1.82) is 0 Å². The van der Waals surface area contributed by atoms with E-state index >= 15 is 0 Å². The maximum absolute atomic E-state index is 2.60. The maximum Gasteiger partial charge on any atom is 0.0236 e. The first kappa shape index (κ1) is 11.7. The summed E-state index contributed by atoms with van der Waals surface area (Å²) in [5.74, 6) is 0.640. The van der Waals surface area contributed by atoms with Crippen LogP contribution in [0.4, 0.5) is 0 Å². The standard InChI is InChI=1S/C15H23N/c1-13(2)15-9-5-4-8-14(15)12-16-10-6-3-7-11-16/h4-5,8-9,13H,3,6-7,10-12H2,1-2H3. The van der Waals surface area contributed by atoms with Gasteiger partial charge in [-0.1, -0.05) is 44.5 Å². The van der Waals surface area contributed by atoms with Crippen molar-refractivity contribution < 1.29 is 0 Å². The van der Waals surface area contributed by atoms with Crippen LogP contribution in [0, 0.1) is 0 Å². The molecule has 2 rings (SSSR count). The van der Waals surface area contributed by atoms with Crippen LogP contribution in [0.15, 0.2) is 24.3 Å². The van der Waals surface area contributed by atoms with Crippen molar-refractivity contribution in [3.05, 3.63) is 35.4 Å². The van der Waals surface area contributed by atoms with Gasteiger partial charge in [0, 0.05) is 6.54 Å². The molecule has 1 heterocycles. The summed E-state index contributed by atoms with van der Waals surface area (Å²) in [5.41, 5.74) is 3.05. The van der Waals surface area contributed by atoms with E-state index < -0.39 is 0 Å². The largest absolute Gasteiger partial charge is 0.299 e. The number of benzene rings is 1. The zero-order chi connectivity index (χ0) is 11.4. The number of likely N-dealkylation sites (tertiary alicyclic amines) is 1. The predicted octanol–water partition coefficient (Wildman–Crippen LogP) is 3.80. The molecule has 1 aliphatic heterocycles. The molecule has 0 aliphatic carbocycles. The highest BCUT2D eigenvalue weighted by Crippen LogP contribution is 2.21. The van der Waals surface area contributed by atoms with Gasteiger partial charge in [0.25, 0.3) is 0 Å². The fourth-order valence-electron chi connectivity index (χ4n) is 2.60. The normalized spacial score (nSPS) is 17.9. The van der Waals surface area contributed by atoms with Gasteiger partial charge in [0.1, 0.15) is 0 Å². The molecule has 1 aliphatic rings. The molecule has 0 bridgehead atoms. The van der Waals surface area contributed by atoms with E-state index in [1.807, 2.05) is 0 Å². The third-order valence-electron chi connectivity index (χ3n) is 3.52. The lowest BCUT2D eigenvalue weighted by Gasteiger charge is -2.27. The molecule has 0 spiro atoms. The molecule has 0 amide bonds. The van der Waals surface area contributed by atoms with Crippen LogP contribution in [0.1, 0.15) is 50.2 Å². The second kappa shape index (κ2) is 5.49. The van der Waals surface area contributed by atoms with Gasteiger partial charge in [0.2, 0.25) is 0 Å². The molecule has 0 aromatic heterocycles. The van der Waals surface area contributed by atoms with Crippen LogP contribution in [-0.2, 0) is 6.54 Å². The molecular formula is C15H23N. The topological polar surface area (TPSA) is 3.24 Å². The van der Waals surface area contributed by atoms with Gasteiger partial charge < -0.3 is 0 Å². The summed E-state index contributed by atoms with van der Waals surface area (Å²) in [7, 11) is 0. The summed E-state index contributed by atoms with van der Waals surface area (Å²) >= 11 is 0. The van der Waals surface area contributed by atoms with Gasteiger partial charge in [-0.05, 0) is 43.0 Å². The molecule has 1 aromatic rings. The number of hydrogen-bond donors (Lipinski definition) is 0. The fourth-order valence-corrected chi connectivity index (χ4v) is 2.60. The molecular weight excluding hydrogens is 194 g/mol. The van der Waals surface area contributed by atoms with Crippen LogP contribution < -0.4 is 0 Å². The molecule has 0 unspecified atom stereocenters. The molecule has 1 fully saturated rings. The lowest BCUT2D eigenvalue weighted by atomic mass is 9.96. The highest BCUT2D eigenvalue weighted by atomic mass is 15.1. The number of nitrogens with zero attached hydrogens (tertiary/aromatic N) is 1. The average molecular weight is 217 g/mol. The first-order chi connectivity index (χ1) is 7.77. The zero-order valence-electron chi connectivity index (χ0n) is 10.6. The molecule has 16 heavy (non-hydrogen) atoms. The Balaban J connectivity index is 2.07. The first-order valence-electron chi connectivity index (χ1n) is 6.57. The molecule has 0 atom stereocenters. The number of rotatable bonds is 3. The van der Waals surface area contributed by atoms with Crippen molar-refractivity contribution in [2.24, 2.45) is 0 Å². The SMILES string of the molecule is CC(C)c1ccccc1CN1CCCCC1. The quantitative estimate of drug-likeness (QED) is 0.744. The molecule has 1 heteroatoms. The van der Waals surface area contributed by atoms with Crippen molar-refractivity contribution in [2.75, 3.05) is 13.1 Å². The second-order valence-electron chi connectivity index (χ2n) is 5.19. The van der Waals surface area contributed by atoms with E-state index in [0.29, 0.717) is 5.92 Å². The molecule has 1 aromatic carbocycles. The maximum atomic E-state index is 2.60. The van der Waals surface area contributed by atoms with Gasteiger partial charge in [-0.15, -0.1) is 0 Å². The Morgan fingerprint density at radius 3 is 2.44 bits per heavy atom. The van der Waals surface area contributed by atoms with E-state index in [1.54, 1.807) is 0 Å². The molecule has 1 nitrogen and oxygen atoms in total. The molecule has 0 saturated carbocycles. The van der Waals surface area contributed by atoms with Crippen molar-refractivity contribution in [2.45, 2.75) is 45.6 Å². The Labute approximate surface area is 99.5 Å². The minimum absolute atomic E-state index is 0.640. The van der Waals surface area contributed by atoms with E-state index in [9.17, 15) is 0 Å². The molecule has 88 valence electrons. The Bertz CT molecular complexity index is 324. The summed E-state index contributed by atoms with van der Waals surface area (Å²) in [5, 5.41) is 0. The predicted molar refractivity (Wildman–Crippen MR) is 69.7 cm³/mol. The monoisotopic (exact) mass is 217 g/mol. The van der Waals surface area contributed by atoms with Gasteiger partial charge in [0.05, 0.1) is 0 Å². The third-order valence-corrected chi connectivity index (χ3v) is 3.52. The summed E-state index contributed by atoms with van der Waals surface area (Å²) < 4.78 is 0. The number of hydrogen-bond acceptors (Lipinski definition) is 1. The van der Waals surface area contributed by atoms with Crippen molar-refractivity contribution in [3.63, 3.8) is 0 Å². The van der Waals surface area contributed by atoms with Crippen LogP contribution in [0.5, 0.6) is 0 Å². The number of piperidine rings is 1. The second-order valence-corrected chi connectivity index (χ2v) is 5.19. The third kappa shape index (κ3) is 2.85. The Kier molecular flexibility index (Phi) is 4.00. The summed E-state index contributed by atoms with van der Waals surface area (Å²) in [6, 6.07) is 8.91. The van der Waals surface area contributed by atoms with Crippen molar-refractivity contribution in [1.82, 2.24) is 4.90 Å². The summed E-state index contributed by atoms with van der Waals surface area (Å²) in [4.78, 5) is 2.60. The Morgan fingerprint density at radius 1 is 1.06 bits per heavy atom. The van der Waals surface area contributed by atoms with Crippen LogP contribution >= 0.6 is 0 Å². The Morgan fingerprint density at radius 2 is 1.75 bits per heavy atom. The molecule has 1 saturated heterocycles. The highest BCUT2D eigenvalue weighted by molar-refractivity contribution is 5.29. The molecule has 0 radical (unpaired) electrons. The van der Waals surface area contributed by atoms with Gasteiger partial charge in [-0.3, -0.25) is 4.90 Å². The first-order valence-corrected chi connectivity index (χ1v) is 6.57. The summed E-state index contributed by atoms with van der Waals surface area (Å²) in [6.45, 7) is 8.29. The smallest absolute Gasteiger partial charge is 0.0236 e. The van der Waals surface area contributed by atoms with Crippen LogP contribution in [0.2, 0.25) is 0 Å². The van der Waals surface area contributed by atoms with Crippen LogP contribution in [-0.4, -0.2) is 18.0 Å². The summed E-state index contributed by atoms with van der Waals surface area (Å²) in [6.07, 6.45) is 4.18. The Hall–Kier alpha value is -0.820. The zero-order valence-corrected chi connectivity index (χ0v) is 10.6. The lowest BCUT2D eigenvalue weighted by Crippen LogP contribution is -2.29. The van der Waals surface area contributed by atoms with Gasteiger partial charge in [-0.2, -0.15) is 0 Å². The van der Waals surface area contributed by atoms with Gasteiger partial charge in [0.15, 0.2) is 0 Å². The fraction of sp³-hybridized carbons (Fsp3) is 0.600. The lowest BCUT2D eigenvalue weighted by molar-refractivity contribution is 0.220. The van der Waals surface area contributed by atoms with E-state index in [2.05, 4.69) is 43.0 Å².